The maximum absolute atomic E-state index is 12.0. The summed E-state index contributed by atoms with van der Waals surface area (Å²) in [6.45, 7) is 4.65. The van der Waals surface area contributed by atoms with Crippen LogP contribution in [-0.2, 0) is 16.0 Å². The summed E-state index contributed by atoms with van der Waals surface area (Å²) in [5.41, 5.74) is 2.73. The first-order valence-electron chi connectivity index (χ1n) is 8.90. The molecule has 0 aliphatic rings. The van der Waals surface area contributed by atoms with Gasteiger partial charge in [0, 0.05) is 12.0 Å². The minimum Gasteiger partial charge on any atom is -0.493 e. The molecule has 2 aromatic carbocycles. The Bertz CT molecular complexity index is 735. The number of carbonyl (C=O) groups excluding carboxylic acids is 1. The quantitative estimate of drug-likeness (QED) is 0.485. The SMILES string of the molecule is CCOC(=O)C(=Cc1ccc(OC)c(OCCc2ccccc2)c1)CC. The van der Waals surface area contributed by atoms with Crippen LogP contribution in [0, 0.1) is 0 Å². The fourth-order valence-corrected chi connectivity index (χ4v) is 2.55. The van der Waals surface area contributed by atoms with Crippen LogP contribution in [0.3, 0.4) is 0 Å². The van der Waals surface area contributed by atoms with Gasteiger partial charge in [0.2, 0.25) is 0 Å². The van der Waals surface area contributed by atoms with E-state index in [-0.39, 0.29) is 5.97 Å². The molecule has 0 radical (unpaired) electrons. The first kappa shape index (κ1) is 19.6. The van der Waals surface area contributed by atoms with Gasteiger partial charge in [-0.15, -0.1) is 0 Å². The van der Waals surface area contributed by atoms with Gasteiger partial charge in [0.25, 0.3) is 0 Å². The Kier molecular flexibility index (Phi) is 7.75. The lowest BCUT2D eigenvalue weighted by molar-refractivity contribution is -0.138. The smallest absolute Gasteiger partial charge is 0.333 e. The number of hydrogen-bond acceptors (Lipinski definition) is 4. The maximum atomic E-state index is 12.0. The number of ether oxygens (including phenoxy) is 3. The van der Waals surface area contributed by atoms with E-state index in [1.165, 1.54) is 5.56 Å². The monoisotopic (exact) mass is 354 g/mol. The molecule has 2 rings (SSSR count). The van der Waals surface area contributed by atoms with Gasteiger partial charge in [-0.25, -0.2) is 4.79 Å². The topological polar surface area (TPSA) is 44.8 Å². The van der Waals surface area contributed by atoms with E-state index < -0.39 is 0 Å². The highest BCUT2D eigenvalue weighted by Gasteiger charge is 2.10. The van der Waals surface area contributed by atoms with Crippen molar-refractivity contribution in [1.29, 1.82) is 0 Å². The molecule has 26 heavy (non-hydrogen) atoms. The van der Waals surface area contributed by atoms with Crippen molar-refractivity contribution in [1.82, 2.24) is 0 Å². The predicted molar refractivity (Wildman–Crippen MR) is 104 cm³/mol. The average molecular weight is 354 g/mol. The van der Waals surface area contributed by atoms with Gasteiger partial charge in [-0.2, -0.15) is 0 Å². The summed E-state index contributed by atoms with van der Waals surface area (Å²) in [6, 6.07) is 15.8. The van der Waals surface area contributed by atoms with E-state index in [2.05, 4.69) is 12.1 Å². The molecule has 0 unspecified atom stereocenters. The second kappa shape index (κ2) is 10.3. The van der Waals surface area contributed by atoms with Gasteiger partial charge in [-0.1, -0.05) is 43.3 Å². The fourth-order valence-electron chi connectivity index (χ4n) is 2.55. The number of methoxy groups -OCH3 is 1. The van der Waals surface area contributed by atoms with Crippen LogP contribution in [0.1, 0.15) is 31.4 Å². The first-order valence-corrected chi connectivity index (χ1v) is 8.90. The largest absolute Gasteiger partial charge is 0.493 e. The second-order valence-electron chi connectivity index (χ2n) is 5.74. The van der Waals surface area contributed by atoms with Gasteiger partial charge in [0.05, 0.1) is 20.3 Å². The van der Waals surface area contributed by atoms with Crippen molar-refractivity contribution in [2.75, 3.05) is 20.3 Å². The van der Waals surface area contributed by atoms with Gasteiger partial charge >= 0.3 is 5.97 Å². The molecule has 0 heterocycles. The zero-order valence-corrected chi connectivity index (χ0v) is 15.7. The Labute approximate surface area is 155 Å². The average Bonchev–Trinajstić information content (AvgIpc) is 2.67. The summed E-state index contributed by atoms with van der Waals surface area (Å²) in [5.74, 6) is 1.05. The number of rotatable bonds is 9. The van der Waals surface area contributed by atoms with E-state index in [1.807, 2.05) is 49.4 Å². The van der Waals surface area contributed by atoms with E-state index in [9.17, 15) is 4.79 Å². The normalized spacial score (nSPS) is 11.1. The Hall–Kier alpha value is -2.75. The highest BCUT2D eigenvalue weighted by atomic mass is 16.5. The lowest BCUT2D eigenvalue weighted by atomic mass is 10.1. The van der Waals surface area contributed by atoms with Crippen molar-refractivity contribution in [3.05, 3.63) is 65.2 Å². The van der Waals surface area contributed by atoms with Crippen LogP contribution in [0.5, 0.6) is 11.5 Å². The Morgan fingerprint density at radius 1 is 1.04 bits per heavy atom. The molecule has 0 fully saturated rings. The van der Waals surface area contributed by atoms with Gasteiger partial charge in [-0.3, -0.25) is 0 Å². The summed E-state index contributed by atoms with van der Waals surface area (Å²) < 4.78 is 16.4. The lowest BCUT2D eigenvalue weighted by Gasteiger charge is -2.12. The fraction of sp³-hybridized carbons (Fsp3) is 0.318. The van der Waals surface area contributed by atoms with Crippen molar-refractivity contribution < 1.29 is 19.0 Å². The molecule has 0 aromatic heterocycles. The minimum absolute atomic E-state index is 0.280. The van der Waals surface area contributed by atoms with Gasteiger partial charge in [0.1, 0.15) is 0 Å². The van der Waals surface area contributed by atoms with Gasteiger partial charge in [0.15, 0.2) is 11.5 Å². The molecule has 0 bridgehead atoms. The lowest BCUT2D eigenvalue weighted by Crippen LogP contribution is -2.07. The molecule has 0 aliphatic carbocycles. The molecule has 0 atom stereocenters. The van der Waals surface area contributed by atoms with Crippen LogP contribution in [-0.4, -0.2) is 26.3 Å². The van der Waals surface area contributed by atoms with Crippen molar-refractivity contribution >= 4 is 12.0 Å². The van der Waals surface area contributed by atoms with Gasteiger partial charge in [-0.05, 0) is 42.7 Å². The summed E-state index contributed by atoms with van der Waals surface area (Å²) in [5, 5.41) is 0. The molecule has 138 valence electrons. The second-order valence-corrected chi connectivity index (χ2v) is 5.74. The minimum atomic E-state index is -0.280. The van der Waals surface area contributed by atoms with Gasteiger partial charge < -0.3 is 14.2 Å². The summed E-state index contributed by atoms with van der Waals surface area (Å²) >= 11 is 0. The van der Waals surface area contributed by atoms with E-state index in [4.69, 9.17) is 14.2 Å². The Morgan fingerprint density at radius 2 is 1.81 bits per heavy atom. The van der Waals surface area contributed by atoms with Crippen molar-refractivity contribution in [3.8, 4) is 11.5 Å². The molecular formula is C22H26O4. The molecule has 4 nitrogen and oxygen atoms in total. The van der Waals surface area contributed by atoms with E-state index in [0.29, 0.717) is 36.7 Å². The van der Waals surface area contributed by atoms with Crippen LogP contribution in [0.15, 0.2) is 54.1 Å². The van der Waals surface area contributed by atoms with E-state index >= 15 is 0 Å². The third-order valence-electron chi connectivity index (χ3n) is 3.94. The summed E-state index contributed by atoms with van der Waals surface area (Å²) in [6.07, 6.45) is 3.25. The molecule has 2 aromatic rings. The van der Waals surface area contributed by atoms with Crippen molar-refractivity contribution in [2.24, 2.45) is 0 Å². The highest BCUT2D eigenvalue weighted by Crippen LogP contribution is 2.29. The molecule has 0 N–H and O–H groups in total. The number of hydrogen-bond donors (Lipinski definition) is 0. The molecule has 4 heteroatoms. The first-order chi connectivity index (χ1) is 12.7. The predicted octanol–water partition coefficient (Wildman–Crippen LogP) is 4.67. The summed E-state index contributed by atoms with van der Waals surface area (Å²) in [7, 11) is 1.62. The standard InChI is InChI=1S/C22H26O4/c1-4-19(22(23)25-5-2)15-18-11-12-20(24-3)21(16-18)26-14-13-17-9-7-6-8-10-17/h6-12,15-16H,4-5,13-14H2,1-3H3. The number of carbonyl (C=O) groups is 1. The molecule has 0 aliphatic heterocycles. The van der Waals surface area contributed by atoms with Crippen LogP contribution < -0.4 is 9.47 Å². The summed E-state index contributed by atoms with van der Waals surface area (Å²) in [4.78, 5) is 12.0. The van der Waals surface area contributed by atoms with Crippen LogP contribution in [0.4, 0.5) is 0 Å². The van der Waals surface area contributed by atoms with Crippen molar-refractivity contribution in [2.45, 2.75) is 26.7 Å². The van der Waals surface area contributed by atoms with Crippen LogP contribution in [0.25, 0.3) is 6.08 Å². The third kappa shape index (κ3) is 5.66. The molecule has 0 saturated heterocycles. The third-order valence-corrected chi connectivity index (χ3v) is 3.94. The maximum Gasteiger partial charge on any atom is 0.333 e. The highest BCUT2D eigenvalue weighted by molar-refractivity contribution is 5.93. The van der Waals surface area contributed by atoms with E-state index in [0.717, 1.165) is 12.0 Å². The zero-order valence-electron chi connectivity index (χ0n) is 15.7. The molecule has 0 saturated carbocycles. The Balaban J connectivity index is 2.12. The molecule has 0 amide bonds. The molecular weight excluding hydrogens is 328 g/mol. The number of benzene rings is 2. The van der Waals surface area contributed by atoms with Crippen LogP contribution >= 0.6 is 0 Å². The number of esters is 1. The van der Waals surface area contributed by atoms with Crippen molar-refractivity contribution in [3.63, 3.8) is 0 Å². The molecule has 0 spiro atoms. The Morgan fingerprint density at radius 3 is 2.46 bits per heavy atom. The zero-order chi connectivity index (χ0) is 18.8. The van der Waals surface area contributed by atoms with E-state index in [1.54, 1.807) is 14.0 Å². The van der Waals surface area contributed by atoms with Crippen LogP contribution in [0.2, 0.25) is 0 Å².